The first-order chi connectivity index (χ1) is 12.9. The molecule has 0 aromatic heterocycles. The van der Waals surface area contributed by atoms with E-state index in [0.29, 0.717) is 50.0 Å². The number of hydrogen-bond donors (Lipinski definition) is 0. The van der Waals surface area contributed by atoms with E-state index in [2.05, 4.69) is 4.90 Å². The van der Waals surface area contributed by atoms with Gasteiger partial charge in [-0.3, -0.25) is 4.90 Å². The Kier molecular flexibility index (Phi) is 6.14. The maximum absolute atomic E-state index is 12.9. The fourth-order valence-corrected chi connectivity index (χ4v) is 4.55. The van der Waals surface area contributed by atoms with Crippen molar-refractivity contribution < 1.29 is 17.5 Å². The predicted molar refractivity (Wildman–Crippen MR) is 103 cm³/mol. The standard InChI is InChI=1S/C20H25FN2O3S/c1-16-3-8-20(15-17(16)2)27(24,25)23-11-9-22(10-12-23)13-14-26-19-6-4-18(21)5-7-19/h3-8,15H,9-14H2,1-2H3. The Morgan fingerprint density at radius 1 is 0.963 bits per heavy atom. The highest BCUT2D eigenvalue weighted by molar-refractivity contribution is 7.89. The molecule has 0 amide bonds. The monoisotopic (exact) mass is 392 g/mol. The van der Waals surface area contributed by atoms with Gasteiger partial charge in [0.05, 0.1) is 4.90 Å². The minimum Gasteiger partial charge on any atom is -0.492 e. The zero-order valence-corrected chi connectivity index (χ0v) is 16.5. The van der Waals surface area contributed by atoms with E-state index in [9.17, 15) is 12.8 Å². The molecule has 0 aliphatic carbocycles. The van der Waals surface area contributed by atoms with E-state index in [4.69, 9.17) is 4.74 Å². The van der Waals surface area contributed by atoms with Gasteiger partial charge in [-0.25, -0.2) is 12.8 Å². The molecule has 1 heterocycles. The van der Waals surface area contributed by atoms with E-state index in [1.807, 2.05) is 19.9 Å². The zero-order chi connectivity index (χ0) is 19.4. The summed E-state index contributed by atoms with van der Waals surface area (Å²) in [4.78, 5) is 2.54. The third-order valence-corrected chi connectivity index (χ3v) is 6.83. The summed E-state index contributed by atoms with van der Waals surface area (Å²) in [5, 5.41) is 0. The number of rotatable bonds is 6. The van der Waals surface area contributed by atoms with Gasteiger partial charge in [0.1, 0.15) is 18.2 Å². The summed E-state index contributed by atoms with van der Waals surface area (Å²) >= 11 is 0. The van der Waals surface area contributed by atoms with E-state index in [0.717, 1.165) is 11.1 Å². The van der Waals surface area contributed by atoms with Crippen LogP contribution in [0.15, 0.2) is 47.4 Å². The molecule has 0 bridgehead atoms. The van der Waals surface area contributed by atoms with Crippen LogP contribution in [0, 0.1) is 19.7 Å². The zero-order valence-electron chi connectivity index (χ0n) is 15.7. The van der Waals surface area contributed by atoms with Gasteiger partial charge in [0.2, 0.25) is 10.0 Å². The molecule has 7 heteroatoms. The van der Waals surface area contributed by atoms with Crippen molar-refractivity contribution in [3.05, 3.63) is 59.4 Å². The van der Waals surface area contributed by atoms with Gasteiger partial charge < -0.3 is 4.74 Å². The van der Waals surface area contributed by atoms with Crippen molar-refractivity contribution in [1.29, 1.82) is 0 Å². The molecule has 0 saturated carbocycles. The number of piperazine rings is 1. The molecule has 1 aliphatic rings. The van der Waals surface area contributed by atoms with Gasteiger partial charge in [0.15, 0.2) is 0 Å². The topological polar surface area (TPSA) is 49.9 Å². The number of halogens is 1. The van der Waals surface area contributed by atoms with Gasteiger partial charge in [-0.05, 0) is 61.4 Å². The number of sulfonamides is 1. The molecule has 146 valence electrons. The maximum atomic E-state index is 12.9. The molecule has 1 fully saturated rings. The number of benzene rings is 2. The van der Waals surface area contributed by atoms with Crippen LogP contribution >= 0.6 is 0 Å². The van der Waals surface area contributed by atoms with Crippen LogP contribution in [0.5, 0.6) is 5.75 Å². The first-order valence-electron chi connectivity index (χ1n) is 9.04. The SMILES string of the molecule is Cc1ccc(S(=O)(=O)N2CCN(CCOc3ccc(F)cc3)CC2)cc1C. The summed E-state index contributed by atoms with van der Waals surface area (Å²) in [6.07, 6.45) is 0. The van der Waals surface area contributed by atoms with E-state index in [1.165, 1.54) is 12.1 Å². The lowest BCUT2D eigenvalue weighted by Gasteiger charge is -2.33. The Hall–Kier alpha value is -1.96. The Balaban J connectivity index is 1.50. The molecule has 0 N–H and O–H groups in total. The van der Waals surface area contributed by atoms with Crippen LogP contribution in [0.2, 0.25) is 0 Å². The predicted octanol–water partition coefficient (Wildman–Crippen LogP) is 2.83. The Bertz CT molecular complexity index is 877. The third kappa shape index (κ3) is 4.86. The summed E-state index contributed by atoms with van der Waals surface area (Å²) < 4.78 is 45.7. The minimum absolute atomic E-state index is 0.288. The second kappa shape index (κ2) is 8.37. The quantitative estimate of drug-likeness (QED) is 0.759. The molecule has 5 nitrogen and oxygen atoms in total. The molecule has 3 rings (SSSR count). The molecule has 2 aromatic rings. The molecule has 0 unspecified atom stereocenters. The normalized spacial score (nSPS) is 16.4. The first kappa shape index (κ1) is 19.8. The van der Waals surface area contributed by atoms with Crippen LogP contribution in [-0.2, 0) is 10.0 Å². The Morgan fingerprint density at radius 2 is 1.63 bits per heavy atom. The summed E-state index contributed by atoms with van der Waals surface area (Å²) in [5.41, 5.74) is 2.06. The average molecular weight is 392 g/mol. The fraction of sp³-hybridized carbons (Fsp3) is 0.400. The Morgan fingerprint density at radius 3 is 2.26 bits per heavy atom. The van der Waals surface area contributed by atoms with E-state index in [-0.39, 0.29) is 5.82 Å². The second-order valence-electron chi connectivity index (χ2n) is 6.79. The molecule has 0 spiro atoms. The smallest absolute Gasteiger partial charge is 0.243 e. The van der Waals surface area contributed by atoms with Gasteiger partial charge in [-0.15, -0.1) is 0 Å². The summed E-state index contributed by atoms with van der Waals surface area (Å²) in [7, 11) is -3.45. The largest absolute Gasteiger partial charge is 0.492 e. The number of aryl methyl sites for hydroxylation is 2. The van der Waals surface area contributed by atoms with Crippen molar-refractivity contribution in [2.24, 2.45) is 0 Å². The highest BCUT2D eigenvalue weighted by atomic mass is 32.2. The van der Waals surface area contributed by atoms with Crippen molar-refractivity contribution in [3.8, 4) is 5.75 Å². The highest BCUT2D eigenvalue weighted by Gasteiger charge is 2.28. The summed E-state index contributed by atoms with van der Waals surface area (Å²) in [6.45, 7) is 7.34. The van der Waals surface area contributed by atoms with Crippen LogP contribution < -0.4 is 4.74 Å². The van der Waals surface area contributed by atoms with Crippen LogP contribution in [0.4, 0.5) is 4.39 Å². The number of hydrogen-bond acceptors (Lipinski definition) is 4. The van der Waals surface area contributed by atoms with Gasteiger partial charge >= 0.3 is 0 Å². The Labute approximate surface area is 160 Å². The minimum atomic E-state index is -3.45. The van der Waals surface area contributed by atoms with Crippen molar-refractivity contribution in [2.45, 2.75) is 18.7 Å². The van der Waals surface area contributed by atoms with Gasteiger partial charge in [0.25, 0.3) is 0 Å². The number of nitrogens with zero attached hydrogens (tertiary/aromatic N) is 2. The van der Waals surface area contributed by atoms with E-state index in [1.54, 1.807) is 28.6 Å². The van der Waals surface area contributed by atoms with Crippen LogP contribution in [0.1, 0.15) is 11.1 Å². The van der Waals surface area contributed by atoms with Crippen LogP contribution in [0.3, 0.4) is 0 Å². The van der Waals surface area contributed by atoms with E-state index < -0.39 is 10.0 Å². The molecule has 2 aromatic carbocycles. The summed E-state index contributed by atoms with van der Waals surface area (Å²) in [6, 6.07) is 11.2. The van der Waals surface area contributed by atoms with E-state index >= 15 is 0 Å². The van der Waals surface area contributed by atoms with Crippen LogP contribution in [-0.4, -0.2) is 57.0 Å². The van der Waals surface area contributed by atoms with Gasteiger partial charge in [-0.1, -0.05) is 6.07 Å². The number of ether oxygens (including phenoxy) is 1. The average Bonchev–Trinajstić information content (AvgIpc) is 2.66. The fourth-order valence-electron chi connectivity index (χ4n) is 3.04. The van der Waals surface area contributed by atoms with Crippen molar-refractivity contribution in [3.63, 3.8) is 0 Å². The lowest BCUT2D eigenvalue weighted by molar-refractivity contribution is 0.159. The third-order valence-electron chi connectivity index (χ3n) is 4.94. The van der Waals surface area contributed by atoms with Gasteiger partial charge in [-0.2, -0.15) is 4.31 Å². The second-order valence-corrected chi connectivity index (χ2v) is 8.73. The van der Waals surface area contributed by atoms with Crippen molar-refractivity contribution in [2.75, 3.05) is 39.3 Å². The summed E-state index contributed by atoms with van der Waals surface area (Å²) in [5.74, 6) is 0.343. The van der Waals surface area contributed by atoms with Gasteiger partial charge in [0, 0.05) is 32.7 Å². The maximum Gasteiger partial charge on any atom is 0.243 e. The lowest BCUT2D eigenvalue weighted by atomic mass is 10.1. The molecule has 0 atom stereocenters. The lowest BCUT2D eigenvalue weighted by Crippen LogP contribution is -2.49. The molecule has 27 heavy (non-hydrogen) atoms. The molecule has 0 radical (unpaired) electrons. The van der Waals surface area contributed by atoms with Crippen molar-refractivity contribution in [1.82, 2.24) is 9.21 Å². The molecule has 1 saturated heterocycles. The molecule has 1 aliphatic heterocycles. The first-order valence-corrected chi connectivity index (χ1v) is 10.5. The van der Waals surface area contributed by atoms with Crippen molar-refractivity contribution >= 4 is 10.0 Å². The molecular weight excluding hydrogens is 367 g/mol. The van der Waals surface area contributed by atoms with Crippen LogP contribution in [0.25, 0.3) is 0 Å². The molecular formula is C20H25FN2O3S. The highest BCUT2D eigenvalue weighted by Crippen LogP contribution is 2.20.